The number of nitrogens with one attached hydrogen (secondary N) is 1. The van der Waals surface area contributed by atoms with Crippen LogP contribution in [0, 0.1) is 5.82 Å². The third-order valence-electron chi connectivity index (χ3n) is 3.37. The molecule has 0 spiro atoms. The Labute approximate surface area is 109 Å². The molecule has 0 aliphatic carbocycles. The molecule has 0 saturated carbocycles. The van der Waals surface area contributed by atoms with Crippen LogP contribution in [-0.2, 0) is 10.2 Å². The van der Waals surface area contributed by atoms with Crippen molar-refractivity contribution in [3.8, 4) is 0 Å². The molecular formula is C15H22FNO. The van der Waals surface area contributed by atoms with Crippen molar-refractivity contribution in [3.05, 3.63) is 29.6 Å². The van der Waals surface area contributed by atoms with Gasteiger partial charge in [-0.15, -0.1) is 0 Å². The van der Waals surface area contributed by atoms with E-state index in [0.717, 1.165) is 37.3 Å². The molecule has 0 amide bonds. The lowest BCUT2D eigenvalue weighted by Crippen LogP contribution is -2.28. The van der Waals surface area contributed by atoms with Crippen LogP contribution in [-0.4, -0.2) is 19.3 Å². The van der Waals surface area contributed by atoms with Gasteiger partial charge in [0, 0.05) is 24.9 Å². The zero-order valence-corrected chi connectivity index (χ0v) is 11.4. The first-order valence-electron chi connectivity index (χ1n) is 6.61. The molecule has 18 heavy (non-hydrogen) atoms. The summed E-state index contributed by atoms with van der Waals surface area (Å²) in [7, 11) is 0. The molecule has 0 unspecified atom stereocenters. The van der Waals surface area contributed by atoms with Crippen molar-refractivity contribution in [2.45, 2.75) is 45.1 Å². The van der Waals surface area contributed by atoms with Crippen molar-refractivity contribution in [1.29, 1.82) is 0 Å². The lowest BCUT2D eigenvalue weighted by atomic mass is 9.86. The smallest absolute Gasteiger partial charge is 0.128 e. The third-order valence-corrected chi connectivity index (χ3v) is 3.37. The van der Waals surface area contributed by atoms with Crippen molar-refractivity contribution >= 4 is 5.69 Å². The quantitative estimate of drug-likeness (QED) is 0.865. The van der Waals surface area contributed by atoms with Gasteiger partial charge in [-0.2, -0.15) is 0 Å². The van der Waals surface area contributed by atoms with Gasteiger partial charge in [0.1, 0.15) is 5.82 Å². The fraction of sp³-hybridized carbons (Fsp3) is 0.600. The SMILES string of the molecule is CC(C)(C)c1ccc(NC2CCOCC2)cc1F. The zero-order chi connectivity index (χ0) is 13.2. The molecule has 1 aliphatic rings. The molecule has 100 valence electrons. The zero-order valence-electron chi connectivity index (χ0n) is 11.4. The van der Waals surface area contributed by atoms with Crippen molar-refractivity contribution in [2.24, 2.45) is 0 Å². The van der Waals surface area contributed by atoms with Crippen LogP contribution in [0.3, 0.4) is 0 Å². The van der Waals surface area contributed by atoms with Gasteiger partial charge < -0.3 is 10.1 Å². The van der Waals surface area contributed by atoms with Gasteiger partial charge in [0.25, 0.3) is 0 Å². The number of benzene rings is 1. The van der Waals surface area contributed by atoms with E-state index >= 15 is 0 Å². The number of hydrogen-bond acceptors (Lipinski definition) is 2. The summed E-state index contributed by atoms with van der Waals surface area (Å²) >= 11 is 0. The number of ether oxygens (including phenoxy) is 1. The first kappa shape index (κ1) is 13.3. The third kappa shape index (κ3) is 3.22. The Hall–Kier alpha value is -1.09. The maximum atomic E-state index is 14.0. The molecule has 2 rings (SSSR count). The van der Waals surface area contributed by atoms with E-state index in [0.29, 0.717) is 6.04 Å². The fourth-order valence-electron chi connectivity index (χ4n) is 2.29. The molecule has 2 nitrogen and oxygen atoms in total. The molecular weight excluding hydrogens is 229 g/mol. The van der Waals surface area contributed by atoms with E-state index in [9.17, 15) is 4.39 Å². The number of hydrogen-bond donors (Lipinski definition) is 1. The largest absolute Gasteiger partial charge is 0.382 e. The van der Waals surface area contributed by atoms with E-state index in [4.69, 9.17) is 4.74 Å². The normalized spacial score (nSPS) is 17.8. The number of anilines is 1. The lowest BCUT2D eigenvalue weighted by Gasteiger charge is -2.25. The molecule has 1 saturated heterocycles. The van der Waals surface area contributed by atoms with Gasteiger partial charge in [-0.3, -0.25) is 0 Å². The predicted molar refractivity (Wildman–Crippen MR) is 72.6 cm³/mol. The molecule has 1 aliphatic heterocycles. The van der Waals surface area contributed by atoms with E-state index in [1.165, 1.54) is 0 Å². The minimum absolute atomic E-state index is 0.125. The maximum absolute atomic E-state index is 14.0. The molecule has 1 aromatic rings. The average molecular weight is 251 g/mol. The molecule has 1 N–H and O–H groups in total. The Morgan fingerprint density at radius 1 is 1.22 bits per heavy atom. The Morgan fingerprint density at radius 2 is 1.89 bits per heavy atom. The second-order valence-electron chi connectivity index (χ2n) is 5.98. The Morgan fingerprint density at radius 3 is 2.44 bits per heavy atom. The molecule has 0 aromatic heterocycles. The highest BCUT2D eigenvalue weighted by atomic mass is 19.1. The summed E-state index contributed by atoms with van der Waals surface area (Å²) in [4.78, 5) is 0. The van der Waals surface area contributed by atoms with Crippen LogP contribution >= 0.6 is 0 Å². The van der Waals surface area contributed by atoms with Crippen LogP contribution in [0.25, 0.3) is 0 Å². The van der Waals surface area contributed by atoms with E-state index in [1.54, 1.807) is 6.07 Å². The van der Waals surface area contributed by atoms with Gasteiger partial charge in [-0.25, -0.2) is 4.39 Å². The van der Waals surface area contributed by atoms with Gasteiger partial charge in [0.15, 0.2) is 0 Å². The van der Waals surface area contributed by atoms with Crippen molar-refractivity contribution in [1.82, 2.24) is 0 Å². The summed E-state index contributed by atoms with van der Waals surface area (Å²) in [5, 5.41) is 3.38. The van der Waals surface area contributed by atoms with Crippen LogP contribution < -0.4 is 5.32 Å². The lowest BCUT2D eigenvalue weighted by molar-refractivity contribution is 0.0904. The number of rotatable bonds is 2. The van der Waals surface area contributed by atoms with Crippen molar-refractivity contribution in [3.63, 3.8) is 0 Å². The highest BCUT2D eigenvalue weighted by Crippen LogP contribution is 2.27. The molecule has 1 aromatic carbocycles. The molecule has 0 bridgehead atoms. The Kier molecular flexibility index (Phi) is 3.91. The second-order valence-corrected chi connectivity index (χ2v) is 5.98. The van der Waals surface area contributed by atoms with E-state index in [-0.39, 0.29) is 11.2 Å². The van der Waals surface area contributed by atoms with Crippen molar-refractivity contribution < 1.29 is 9.13 Å². The van der Waals surface area contributed by atoms with Crippen LogP contribution in [0.2, 0.25) is 0 Å². The summed E-state index contributed by atoms with van der Waals surface area (Å²) in [5.41, 5.74) is 1.48. The average Bonchev–Trinajstić information content (AvgIpc) is 2.28. The molecule has 0 radical (unpaired) electrons. The number of halogens is 1. The van der Waals surface area contributed by atoms with Crippen LogP contribution in [0.5, 0.6) is 0 Å². The molecule has 1 heterocycles. The topological polar surface area (TPSA) is 21.3 Å². The fourth-order valence-corrected chi connectivity index (χ4v) is 2.29. The van der Waals surface area contributed by atoms with Crippen molar-refractivity contribution in [2.75, 3.05) is 18.5 Å². The van der Waals surface area contributed by atoms with E-state index in [1.807, 2.05) is 32.9 Å². The second kappa shape index (κ2) is 5.27. The van der Waals surface area contributed by atoms with Gasteiger partial charge in [-0.1, -0.05) is 26.8 Å². The van der Waals surface area contributed by atoms with E-state index < -0.39 is 0 Å². The summed E-state index contributed by atoms with van der Waals surface area (Å²) in [5.74, 6) is -0.125. The monoisotopic (exact) mass is 251 g/mol. The highest BCUT2D eigenvalue weighted by molar-refractivity contribution is 5.47. The summed E-state index contributed by atoms with van der Waals surface area (Å²) in [6, 6.07) is 5.87. The van der Waals surface area contributed by atoms with Gasteiger partial charge in [0.2, 0.25) is 0 Å². The van der Waals surface area contributed by atoms with Crippen LogP contribution in [0.4, 0.5) is 10.1 Å². The van der Waals surface area contributed by atoms with Crippen LogP contribution in [0.1, 0.15) is 39.2 Å². The van der Waals surface area contributed by atoms with Gasteiger partial charge in [0.05, 0.1) is 0 Å². The standard InChI is InChI=1S/C15H22FNO/c1-15(2,3)13-5-4-12(10-14(13)16)17-11-6-8-18-9-7-11/h4-5,10-11,17H,6-9H2,1-3H3. The Balaban J connectivity index is 2.08. The van der Waals surface area contributed by atoms with Crippen LogP contribution in [0.15, 0.2) is 18.2 Å². The maximum Gasteiger partial charge on any atom is 0.128 e. The molecule has 0 atom stereocenters. The first-order valence-corrected chi connectivity index (χ1v) is 6.61. The summed E-state index contributed by atoms with van der Waals surface area (Å²) in [6.45, 7) is 7.66. The van der Waals surface area contributed by atoms with E-state index in [2.05, 4.69) is 5.32 Å². The minimum Gasteiger partial charge on any atom is -0.382 e. The summed E-state index contributed by atoms with van der Waals surface area (Å²) in [6.07, 6.45) is 1.98. The predicted octanol–water partition coefficient (Wildman–Crippen LogP) is 3.71. The minimum atomic E-state index is -0.151. The highest BCUT2D eigenvalue weighted by Gasteiger charge is 2.19. The first-order chi connectivity index (χ1) is 8.47. The molecule has 3 heteroatoms. The van der Waals surface area contributed by atoms with Gasteiger partial charge in [-0.05, 0) is 36.0 Å². The Bertz CT molecular complexity index is 405. The summed E-state index contributed by atoms with van der Waals surface area (Å²) < 4.78 is 19.3. The van der Waals surface area contributed by atoms with Gasteiger partial charge >= 0.3 is 0 Å². The molecule has 1 fully saturated rings.